The van der Waals surface area contributed by atoms with E-state index in [1.54, 1.807) is 25.7 Å². The van der Waals surface area contributed by atoms with E-state index < -0.39 is 27.8 Å². The molecule has 0 aromatic heterocycles. The highest BCUT2D eigenvalue weighted by atomic mass is 32.2. The van der Waals surface area contributed by atoms with Gasteiger partial charge in [0.25, 0.3) is 0 Å². The molecular weight excluding hydrogens is 400 g/mol. The van der Waals surface area contributed by atoms with Crippen molar-refractivity contribution in [1.82, 2.24) is 19.4 Å². The zero-order valence-corrected chi connectivity index (χ0v) is 18.5. The highest BCUT2D eigenvalue weighted by Gasteiger charge is 2.33. The van der Waals surface area contributed by atoms with Gasteiger partial charge in [0.2, 0.25) is 15.9 Å². The number of piperidine rings is 1. The number of alkyl carbamates (subject to hydrolysis) is 1. The van der Waals surface area contributed by atoms with E-state index in [0.29, 0.717) is 25.9 Å². The number of amides is 2. The fourth-order valence-corrected chi connectivity index (χ4v) is 4.17. The Bertz CT molecular complexity index is 715. The van der Waals surface area contributed by atoms with E-state index in [1.807, 2.05) is 4.90 Å². The summed E-state index contributed by atoms with van der Waals surface area (Å²) in [6.07, 6.45) is 1.33. The van der Waals surface area contributed by atoms with Gasteiger partial charge in [0.15, 0.2) is 0 Å². The molecule has 2 amide bonds. The Morgan fingerprint density at radius 1 is 1.07 bits per heavy atom. The van der Waals surface area contributed by atoms with E-state index >= 15 is 0 Å². The van der Waals surface area contributed by atoms with Crippen LogP contribution in [0, 0.1) is 0 Å². The van der Waals surface area contributed by atoms with E-state index in [-0.39, 0.29) is 44.4 Å². The van der Waals surface area contributed by atoms with Crippen molar-refractivity contribution in [3.63, 3.8) is 0 Å². The van der Waals surface area contributed by atoms with Crippen LogP contribution in [-0.4, -0.2) is 104 Å². The number of ketones is 1. The monoisotopic (exact) mass is 432 g/mol. The third-order valence-corrected chi connectivity index (χ3v) is 6.17. The summed E-state index contributed by atoms with van der Waals surface area (Å²) >= 11 is 0. The average molecular weight is 433 g/mol. The standard InChI is InChI=1S/C18H32N4O6S/c1-18(2,3)28-17(25)19-15(13-20-7-5-14(23)6-8-20)16(24)21-9-11-22(12-10-21)29(4,26)27/h15H,5-13H2,1-4H3,(H,19,25)/t15-/m0/s1. The van der Waals surface area contributed by atoms with Crippen LogP contribution in [0.3, 0.4) is 0 Å². The minimum absolute atomic E-state index is 0.195. The Balaban J connectivity index is 2.04. The first-order valence-corrected chi connectivity index (χ1v) is 11.7. The highest BCUT2D eigenvalue weighted by Crippen LogP contribution is 2.12. The molecule has 0 spiro atoms. The Kier molecular flexibility index (Phi) is 7.63. The van der Waals surface area contributed by atoms with Gasteiger partial charge >= 0.3 is 6.09 Å². The zero-order chi connectivity index (χ0) is 21.8. The van der Waals surface area contributed by atoms with Crippen molar-refractivity contribution in [2.24, 2.45) is 0 Å². The number of Topliss-reactive ketones (excluding diaryl/α,β-unsaturated/α-hetero) is 1. The molecular formula is C18H32N4O6S. The van der Waals surface area contributed by atoms with Crippen LogP contribution in [0.5, 0.6) is 0 Å². The Labute approximate surface area is 172 Å². The summed E-state index contributed by atoms with van der Waals surface area (Å²) in [7, 11) is -3.30. The average Bonchev–Trinajstić information content (AvgIpc) is 2.60. The number of carbonyl (C=O) groups is 3. The number of hydrogen-bond donors (Lipinski definition) is 1. The first-order valence-electron chi connectivity index (χ1n) is 9.82. The van der Waals surface area contributed by atoms with Crippen LogP contribution >= 0.6 is 0 Å². The number of hydrogen-bond acceptors (Lipinski definition) is 7. The molecule has 0 aromatic carbocycles. The van der Waals surface area contributed by atoms with Crippen LogP contribution in [-0.2, 0) is 24.3 Å². The number of piperazine rings is 1. The molecule has 0 aliphatic carbocycles. The number of likely N-dealkylation sites (tertiary alicyclic amines) is 1. The number of ether oxygens (including phenoxy) is 1. The van der Waals surface area contributed by atoms with Gasteiger partial charge in [-0.3, -0.25) is 14.5 Å². The lowest BCUT2D eigenvalue weighted by Gasteiger charge is -2.37. The minimum atomic E-state index is -3.30. The second-order valence-corrected chi connectivity index (χ2v) is 10.5. The van der Waals surface area contributed by atoms with E-state index in [4.69, 9.17) is 4.74 Å². The van der Waals surface area contributed by atoms with Crippen LogP contribution in [0.1, 0.15) is 33.6 Å². The van der Waals surface area contributed by atoms with E-state index in [9.17, 15) is 22.8 Å². The lowest BCUT2D eigenvalue weighted by Crippen LogP contribution is -2.59. The van der Waals surface area contributed by atoms with Gasteiger partial charge in [-0.15, -0.1) is 0 Å². The minimum Gasteiger partial charge on any atom is -0.444 e. The summed E-state index contributed by atoms with van der Waals surface area (Å²) < 4.78 is 30.0. The molecule has 2 heterocycles. The summed E-state index contributed by atoms with van der Waals surface area (Å²) in [6.45, 7) is 7.55. The van der Waals surface area contributed by atoms with Crippen molar-refractivity contribution in [1.29, 1.82) is 0 Å². The first kappa shape index (κ1) is 23.6. The van der Waals surface area contributed by atoms with Gasteiger partial charge in [0.1, 0.15) is 17.4 Å². The normalized spacial score (nSPS) is 21.0. The molecule has 0 unspecified atom stereocenters. The number of carbonyl (C=O) groups excluding carboxylic acids is 3. The molecule has 0 bridgehead atoms. The number of sulfonamides is 1. The molecule has 0 saturated carbocycles. The van der Waals surface area contributed by atoms with Crippen LogP contribution in [0.4, 0.5) is 4.79 Å². The lowest BCUT2D eigenvalue weighted by atomic mass is 10.1. The molecule has 2 aliphatic rings. The first-order chi connectivity index (χ1) is 13.3. The predicted octanol–water partition coefficient (Wildman–Crippen LogP) is -0.352. The molecule has 11 heteroatoms. The van der Waals surface area contributed by atoms with Crippen molar-refractivity contribution in [2.45, 2.75) is 45.3 Å². The Hall–Kier alpha value is -1.72. The van der Waals surface area contributed by atoms with Crippen molar-refractivity contribution in [3.8, 4) is 0 Å². The van der Waals surface area contributed by atoms with Crippen LogP contribution in [0.25, 0.3) is 0 Å². The number of rotatable bonds is 5. The molecule has 2 fully saturated rings. The molecule has 2 rings (SSSR count). The van der Waals surface area contributed by atoms with E-state index in [2.05, 4.69) is 5.32 Å². The maximum absolute atomic E-state index is 13.1. The molecule has 2 saturated heterocycles. The van der Waals surface area contributed by atoms with Crippen molar-refractivity contribution in [2.75, 3.05) is 52.1 Å². The third-order valence-electron chi connectivity index (χ3n) is 4.86. The SMILES string of the molecule is CC(C)(C)OC(=O)N[C@@H](CN1CCC(=O)CC1)C(=O)N1CCN(S(C)(=O)=O)CC1. The molecule has 1 N–H and O–H groups in total. The van der Waals surface area contributed by atoms with Gasteiger partial charge in [-0.05, 0) is 20.8 Å². The van der Waals surface area contributed by atoms with Crippen molar-refractivity contribution in [3.05, 3.63) is 0 Å². The second-order valence-electron chi connectivity index (χ2n) is 8.53. The molecule has 2 aliphatic heterocycles. The Morgan fingerprint density at radius 3 is 2.10 bits per heavy atom. The fraction of sp³-hybridized carbons (Fsp3) is 0.833. The quantitative estimate of drug-likeness (QED) is 0.631. The van der Waals surface area contributed by atoms with Crippen LogP contribution < -0.4 is 5.32 Å². The summed E-state index contributed by atoms with van der Waals surface area (Å²) in [5.74, 6) is -0.0814. The lowest BCUT2D eigenvalue weighted by molar-refractivity contribution is -0.135. The van der Waals surface area contributed by atoms with E-state index in [1.165, 1.54) is 4.31 Å². The maximum atomic E-state index is 13.1. The smallest absolute Gasteiger partial charge is 0.408 e. The van der Waals surface area contributed by atoms with Gasteiger partial charge in [0, 0.05) is 58.7 Å². The summed E-state index contributed by atoms with van der Waals surface area (Å²) in [5.41, 5.74) is -0.698. The van der Waals surface area contributed by atoms with Crippen LogP contribution in [0.15, 0.2) is 0 Å². The summed E-state index contributed by atoms with van der Waals surface area (Å²) in [6, 6.07) is -0.831. The fourth-order valence-electron chi connectivity index (χ4n) is 3.34. The van der Waals surface area contributed by atoms with Gasteiger partial charge < -0.3 is 15.0 Å². The number of nitrogens with zero attached hydrogens (tertiary/aromatic N) is 3. The number of nitrogens with one attached hydrogen (secondary N) is 1. The molecule has 29 heavy (non-hydrogen) atoms. The topological polar surface area (TPSA) is 116 Å². The molecule has 10 nitrogen and oxygen atoms in total. The van der Waals surface area contributed by atoms with Gasteiger partial charge in [-0.1, -0.05) is 0 Å². The summed E-state index contributed by atoms with van der Waals surface area (Å²) in [5, 5.41) is 2.66. The second kappa shape index (κ2) is 9.40. The predicted molar refractivity (Wildman–Crippen MR) is 107 cm³/mol. The largest absolute Gasteiger partial charge is 0.444 e. The van der Waals surface area contributed by atoms with Gasteiger partial charge in [-0.25, -0.2) is 13.2 Å². The van der Waals surface area contributed by atoms with Crippen LogP contribution in [0.2, 0.25) is 0 Å². The molecule has 0 aromatic rings. The zero-order valence-electron chi connectivity index (χ0n) is 17.6. The van der Waals surface area contributed by atoms with Crippen molar-refractivity contribution >= 4 is 27.8 Å². The summed E-state index contributed by atoms with van der Waals surface area (Å²) in [4.78, 5) is 40.4. The van der Waals surface area contributed by atoms with Gasteiger partial charge in [-0.2, -0.15) is 4.31 Å². The third kappa shape index (κ3) is 7.56. The molecule has 0 radical (unpaired) electrons. The van der Waals surface area contributed by atoms with Gasteiger partial charge in [0.05, 0.1) is 6.26 Å². The highest BCUT2D eigenvalue weighted by molar-refractivity contribution is 7.88. The molecule has 1 atom stereocenters. The maximum Gasteiger partial charge on any atom is 0.408 e. The van der Waals surface area contributed by atoms with E-state index in [0.717, 1.165) is 6.26 Å². The van der Waals surface area contributed by atoms with Crippen molar-refractivity contribution < 1.29 is 27.5 Å². The molecule has 166 valence electrons. The Morgan fingerprint density at radius 2 is 1.62 bits per heavy atom.